The number of thiazole rings is 1. The van der Waals surface area contributed by atoms with E-state index in [4.69, 9.17) is 0 Å². The first-order valence-corrected chi connectivity index (χ1v) is 8.89. The maximum absolute atomic E-state index is 12.5. The highest BCUT2D eigenvalue weighted by molar-refractivity contribution is 7.07. The SMILES string of the molecule is O=C(Cn1c(-c2cscn2)nc2ccccc21)NC1CCCC1. The topological polar surface area (TPSA) is 59.8 Å². The molecule has 1 N–H and O–H groups in total. The molecule has 1 saturated carbocycles. The number of carbonyl (C=O) groups excluding carboxylic acids is 1. The second-order valence-electron chi connectivity index (χ2n) is 5.93. The Morgan fingerprint density at radius 3 is 2.91 bits per heavy atom. The molecule has 1 fully saturated rings. The van der Waals surface area contributed by atoms with Gasteiger partial charge in [0.1, 0.15) is 12.2 Å². The molecule has 1 aromatic carbocycles. The molecule has 5 nitrogen and oxygen atoms in total. The van der Waals surface area contributed by atoms with Crippen molar-refractivity contribution < 1.29 is 4.79 Å². The fourth-order valence-corrected chi connectivity index (χ4v) is 3.77. The molecule has 3 aromatic rings. The summed E-state index contributed by atoms with van der Waals surface area (Å²) in [6.07, 6.45) is 4.61. The van der Waals surface area contributed by atoms with Gasteiger partial charge < -0.3 is 9.88 Å². The average Bonchev–Trinajstić information content (AvgIpc) is 3.28. The van der Waals surface area contributed by atoms with Crippen LogP contribution in [0.15, 0.2) is 35.2 Å². The van der Waals surface area contributed by atoms with Crippen LogP contribution in [0.25, 0.3) is 22.6 Å². The summed E-state index contributed by atoms with van der Waals surface area (Å²) in [5, 5.41) is 5.11. The molecule has 0 radical (unpaired) electrons. The lowest BCUT2D eigenvalue weighted by molar-refractivity contribution is -0.122. The summed E-state index contributed by atoms with van der Waals surface area (Å²) < 4.78 is 1.97. The van der Waals surface area contributed by atoms with Crippen molar-refractivity contribution in [3.8, 4) is 11.5 Å². The molecule has 2 heterocycles. The molecule has 118 valence electrons. The van der Waals surface area contributed by atoms with Gasteiger partial charge in [0.2, 0.25) is 5.91 Å². The predicted molar refractivity (Wildman–Crippen MR) is 91.2 cm³/mol. The Morgan fingerprint density at radius 2 is 2.13 bits per heavy atom. The number of aromatic nitrogens is 3. The molecule has 0 bridgehead atoms. The number of benzene rings is 1. The van der Waals surface area contributed by atoms with Gasteiger partial charge in [0.25, 0.3) is 0 Å². The van der Waals surface area contributed by atoms with Gasteiger partial charge in [0, 0.05) is 11.4 Å². The lowest BCUT2D eigenvalue weighted by Crippen LogP contribution is -2.35. The smallest absolute Gasteiger partial charge is 0.240 e. The molecule has 0 spiro atoms. The molecule has 0 saturated heterocycles. The zero-order chi connectivity index (χ0) is 15.6. The van der Waals surface area contributed by atoms with Gasteiger partial charge in [0.15, 0.2) is 5.82 Å². The second-order valence-corrected chi connectivity index (χ2v) is 6.65. The van der Waals surface area contributed by atoms with E-state index in [2.05, 4.69) is 15.3 Å². The molecule has 1 amide bonds. The van der Waals surface area contributed by atoms with Crippen molar-refractivity contribution in [3.05, 3.63) is 35.2 Å². The molecule has 6 heteroatoms. The van der Waals surface area contributed by atoms with E-state index in [1.54, 1.807) is 5.51 Å². The number of para-hydroxylation sites is 2. The summed E-state index contributed by atoms with van der Waals surface area (Å²) >= 11 is 1.53. The molecule has 0 atom stereocenters. The van der Waals surface area contributed by atoms with Gasteiger partial charge in [-0.05, 0) is 25.0 Å². The van der Waals surface area contributed by atoms with Crippen LogP contribution in [0.2, 0.25) is 0 Å². The minimum absolute atomic E-state index is 0.0523. The van der Waals surface area contributed by atoms with Crippen LogP contribution in [0.5, 0.6) is 0 Å². The third-order valence-corrected chi connectivity index (χ3v) is 4.92. The van der Waals surface area contributed by atoms with Gasteiger partial charge in [-0.15, -0.1) is 11.3 Å². The maximum Gasteiger partial charge on any atom is 0.240 e. The number of hydrogen-bond acceptors (Lipinski definition) is 4. The Bertz CT molecular complexity index is 818. The second kappa shape index (κ2) is 6.12. The minimum Gasteiger partial charge on any atom is -0.352 e. The number of fused-ring (bicyclic) bond motifs is 1. The van der Waals surface area contributed by atoms with Crippen molar-refractivity contribution in [2.24, 2.45) is 0 Å². The molecule has 2 aromatic heterocycles. The number of imidazole rings is 1. The van der Waals surface area contributed by atoms with Gasteiger partial charge in [-0.2, -0.15) is 0 Å². The highest BCUT2D eigenvalue weighted by Crippen LogP contribution is 2.25. The summed E-state index contributed by atoms with van der Waals surface area (Å²) in [7, 11) is 0. The minimum atomic E-state index is 0.0523. The molecule has 0 aliphatic heterocycles. The Labute approximate surface area is 138 Å². The number of carbonyl (C=O) groups is 1. The molecular formula is C17H18N4OS. The van der Waals surface area contributed by atoms with Crippen LogP contribution >= 0.6 is 11.3 Å². The van der Waals surface area contributed by atoms with Crippen molar-refractivity contribution in [3.63, 3.8) is 0 Å². The molecule has 1 aliphatic rings. The molecule has 4 rings (SSSR count). The van der Waals surface area contributed by atoms with Gasteiger partial charge in [-0.1, -0.05) is 25.0 Å². The van der Waals surface area contributed by atoms with E-state index < -0.39 is 0 Å². The summed E-state index contributed by atoms with van der Waals surface area (Å²) in [6.45, 7) is 0.282. The molecule has 0 unspecified atom stereocenters. The first kappa shape index (κ1) is 14.4. The zero-order valence-corrected chi connectivity index (χ0v) is 13.6. The van der Waals surface area contributed by atoms with Crippen LogP contribution in [-0.2, 0) is 11.3 Å². The summed E-state index contributed by atoms with van der Waals surface area (Å²) in [5.41, 5.74) is 4.47. The average molecular weight is 326 g/mol. The van der Waals surface area contributed by atoms with E-state index in [1.165, 1.54) is 24.2 Å². The Kier molecular flexibility index (Phi) is 3.83. The number of hydrogen-bond donors (Lipinski definition) is 1. The third-order valence-electron chi connectivity index (χ3n) is 4.34. The van der Waals surface area contributed by atoms with E-state index in [0.29, 0.717) is 6.04 Å². The largest absolute Gasteiger partial charge is 0.352 e. The molecule has 1 aliphatic carbocycles. The predicted octanol–water partition coefficient (Wildman–Crippen LogP) is 3.22. The van der Waals surface area contributed by atoms with Gasteiger partial charge in [-0.3, -0.25) is 4.79 Å². The van der Waals surface area contributed by atoms with Crippen LogP contribution in [-0.4, -0.2) is 26.5 Å². The monoisotopic (exact) mass is 326 g/mol. The van der Waals surface area contributed by atoms with E-state index >= 15 is 0 Å². The number of amides is 1. The highest BCUT2D eigenvalue weighted by atomic mass is 32.1. The van der Waals surface area contributed by atoms with Crippen LogP contribution in [0.3, 0.4) is 0 Å². The number of rotatable bonds is 4. The van der Waals surface area contributed by atoms with Crippen molar-refractivity contribution in [2.75, 3.05) is 0 Å². The van der Waals surface area contributed by atoms with Crippen LogP contribution in [0, 0.1) is 0 Å². The fourth-order valence-electron chi connectivity index (χ4n) is 3.24. The molecular weight excluding hydrogens is 308 g/mol. The summed E-state index contributed by atoms with van der Waals surface area (Å²) in [6, 6.07) is 8.24. The van der Waals surface area contributed by atoms with Crippen LogP contribution in [0.4, 0.5) is 0 Å². The fraction of sp³-hybridized carbons (Fsp3) is 0.353. The quantitative estimate of drug-likeness (QED) is 0.801. The van der Waals surface area contributed by atoms with Crippen molar-refractivity contribution in [2.45, 2.75) is 38.3 Å². The highest BCUT2D eigenvalue weighted by Gasteiger charge is 2.20. The lowest BCUT2D eigenvalue weighted by Gasteiger charge is -2.13. The maximum atomic E-state index is 12.5. The number of nitrogens with zero attached hydrogens (tertiary/aromatic N) is 3. The zero-order valence-electron chi connectivity index (χ0n) is 12.7. The first-order chi connectivity index (χ1) is 11.3. The van der Waals surface area contributed by atoms with Gasteiger partial charge in [0.05, 0.1) is 16.5 Å². The van der Waals surface area contributed by atoms with Crippen molar-refractivity contribution in [1.29, 1.82) is 0 Å². The normalized spacial score (nSPS) is 15.3. The summed E-state index contributed by atoms with van der Waals surface area (Å²) in [5.74, 6) is 0.811. The van der Waals surface area contributed by atoms with Crippen LogP contribution < -0.4 is 5.32 Å². The van der Waals surface area contributed by atoms with E-state index in [0.717, 1.165) is 35.4 Å². The van der Waals surface area contributed by atoms with E-state index in [1.807, 2.05) is 34.2 Å². The van der Waals surface area contributed by atoms with E-state index in [-0.39, 0.29) is 12.5 Å². The van der Waals surface area contributed by atoms with Gasteiger partial charge >= 0.3 is 0 Å². The lowest BCUT2D eigenvalue weighted by atomic mass is 10.2. The number of nitrogens with one attached hydrogen (secondary N) is 1. The molecule has 23 heavy (non-hydrogen) atoms. The third kappa shape index (κ3) is 2.86. The van der Waals surface area contributed by atoms with Crippen LogP contribution in [0.1, 0.15) is 25.7 Å². The summed E-state index contributed by atoms with van der Waals surface area (Å²) in [4.78, 5) is 21.5. The van der Waals surface area contributed by atoms with E-state index in [9.17, 15) is 4.79 Å². The Morgan fingerprint density at radius 1 is 1.30 bits per heavy atom. The standard InChI is InChI=1S/C17H18N4OS/c22-16(19-12-5-1-2-6-12)9-21-15-8-4-3-7-13(15)20-17(21)14-10-23-11-18-14/h3-4,7-8,10-12H,1-2,5-6,9H2,(H,19,22). The van der Waals surface area contributed by atoms with Gasteiger partial charge in [-0.25, -0.2) is 9.97 Å². The Balaban J connectivity index is 1.67. The van der Waals surface area contributed by atoms with Crippen molar-refractivity contribution in [1.82, 2.24) is 19.9 Å². The Hall–Kier alpha value is -2.21. The first-order valence-electron chi connectivity index (χ1n) is 7.94. The van der Waals surface area contributed by atoms with Crippen molar-refractivity contribution >= 4 is 28.3 Å².